The van der Waals surface area contributed by atoms with E-state index in [1.807, 2.05) is 0 Å². The number of ketones is 1. The standard InChI is InChI=1S/C14H11FN2O3/c15-8-4-1-2-5-9(8)17-10-6-3-7-11(18)12(10)13(16-17)14(19)20/h1-2,4-5H,3,6-7H2,(H,19,20). The van der Waals surface area contributed by atoms with Crippen molar-refractivity contribution in [2.24, 2.45) is 0 Å². The van der Waals surface area contributed by atoms with Crippen LogP contribution in [-0.4, -0.2) is 26.6 Å². The first-order chi connectivity index (χ1) is 9.59. The van der Waals surface area contributed by atoms with E-state index in [4.69, 9.17) is 5.11 Å². The second-order valence-corrected chi connectivity index (χ2v) is 4.62. The SMILES string of the molecule is O=C(O)c1nn(-c2ccccc2F)c2c1C(=O)CCC2. The Hall–Kier alpha value is -2.50. The van der Waals surface area contributed by atoms with Gasteiger partial charge in [0.15, 0.2) is 11.5 Å². The minimum atomic E-state index is -1.27. The van der Waals surface area contributed by atoms with Crippen LogP contribution >= 0.6 is 0 Å². The highest BCUT2D eigenvalue weighted by Crippen LogP contribution is 2.27. The molecular weight excluding hydrogens is 263 g/mol. The molecule has 0 unspecified atom stereocenters. The zero-order valence-electron chi connectivity index (χ0n) is 10.5. The Bertz CT molecular complexity index is 721. The van der Waals surface area contributed by atoms with E-state index in [1.165, 1.54) is 22.9 Å². The van der Waals surface area contributed by atoms with Crippen molar-refractivity contribution in [3.8, 4) is 5.69 Å². The Morgan fingerprint density at radius 2 is 2.05 bits per heavy atom. The molecule has 0 fully saturated rings. The van der Waals surface area contributed by atoms with Crippen molar-refractivity contribution < 1.29 is 19.1 Å². The fourth-order valence-corrected chi connectivity index (χ4v) is 2.49. The number of aromatic carboxylic acids is 1. The van der Waals surface area contributed by atoms with E-state index in [2.05, 4.69) is 5.10 Å². The maximum absolute atomic E-state index is 13.9. The van der Waals surface area contributed by atoms with Gasteiger partial charge in [-0.15, -0.1) is 0 Å². The third kappa shape index (κ3) is 1.80. The molecule has 6 heteroatoms. The number of aromatic nitrogens is 2. The van der Waals surface area contributed by atoms with E-state index < -0.39 is 11.8 Å². The van der Waals surface area contributed by atoms with Crippen LogP contribution in [0.2, 0.25) is 0 Å². The number of carboxylic acids is 1. The van der Waals surface area contributed by atoms with Gasteiger partial charge in [0.25, 0.3) is 0 Å². The smallest absolute Gasteiger partial charge is 0.357 e. The largest absolute Gasteiger partial charge is 0.476 e. The number of hydrogen-bond acceptors (Lipinski definition) is 3. The van der Waals surface area contributed by atoms with Gasteiger partial charge in [0.1, 0.15) is 11.5 Å². The Labute approximate surface area is 113 Å². The molecule has 0 bridgehead atoms. The highest BCUT2D eigenvalue weighted by molar-refractivity contribution is 6.06. The molecule has 1 aromatic carbocycles. The molecule has 1 aliphatic rings. The lowest BCUT2D eigenvalue weighted by atomic mass is 9.94. The van der Waals surface area contributed by atoms with Crippen LogP contribution in [0.3, 0.4) is 0 Å². The molecule has 20 heavy (non-hydrogen) atoms. The van der Waals surface area contributed by atoms with Crippen LogP contribution in [0, 0.1) is 5.82 Å². The Morgan fingerprint density at radius 3 is 2.75 bits per heavy atom. The van der Waals surface area contributed by atoms with Gasteiger partial charge in [-0.3, -0.25) is 4.79 Å². The average molecular weight is 274 g/mol. The maximum atomic E-state index is 13.9. The summed E-state index contributed by atoms with van der Waals surface area (Å²) in [5.41, 5.74) is 0.453. The lowest BCUT2D eigenvalue weighted by molar-refractivity contribution is 0.0684. The molecule has 0 saturated carbocycles. The summed E-state index contributed by atoms with van der Waals surface area (Å²) < 4.78 is 15.1. The lowest BCUT2D eigenvalue weighted by Gasteiger charge is -2.13. The maximum Gasteiger partial charge on any atom is 0.357 e. The number of para-hydroxylation sites is 1. The predicted molar refractivity (Wildman–Crippen MR) is 67.7 cm³/mol. The fraction of sp³-hybridized carbons (Fsp3) is 0.214. The molecule has 1 aromatic heterocycles. The van der Waals surface area contributed by atoms with Crippen molar-refractivity contribution in [3.05, 3.63) is 47.0 Å². The molecule has 1 aliphatic carbocycles. The molecule has 0 saturated heterocycles. The van der Waals surface area contributed by atoms with Crippen LogP contribution in [-0.2, 0) is 6.42 Å². The summed E-state index contributed by atoms with van der Waals surface area (Å²) in [5.74, 6) is -2.02. The van der Waals surface area contributed by atoms with Crippen molar-refractivity contribution >= 4 is 11.8 Å². The van der Waals surface area contributed by atoms with Gasteiger partial charge in [-0.2, -0.15) is 5.10 Å². The predicted octanol–water partition coefficient (Wildman–Crippen LogP) is 2.23. The fourth-order valence-electron chi connectivity index (χ4n) is 2.49. The molecule has 0 spiro atoms. The molecule has 1 heterocycles. The number of fused-ring (bicyclic) bond motifs is 1. The van der Waals surface area contributed by atoms with E-state index in [1.54, 1.807) is 6.07 Å². The van der Waals surface area contributed by atoms with Crippen molar-refractivity contribution in [2.45, 2.75) is 19.3 Å². The van der Waals surface area contributed by atoms with Gasteiger partial charge >= 0.3 is 5.97 Å². The summed E-state index contributed by atoms with van der Waals surface area (Å²) >= 11 is 0. The van der Waals surface area contributed by atoms with Gasteiger partial charge in [-0.05, 0) is 25.0 Å². The summed E-state index contributed by atoms with van der Waals surface area (Å²) in [4.78, 5) is 23.2. The minimum Gasteiger partial charge on any atom is -0.476 e. The molecule has 3 rings (SSSR count). The third-order valence-electron chi connectivity index (χ3n) is 3.36. The third-order valence-corrected chi connectivity index (χ3v) is 3.36. The number of nitrogens with zero attached hydrogens (tertiary/aromatic N) is 2. The molecule has 0 aliphatic heterocycles. The van der Waals surface area contributed by atoms with Gasteiger partial charge in [0.05, 0.1) is 11.3 Å². The molecule has 0 radical (unpaired) electrons. The zero-order chi connectivity index (χ0) is 14.3. The van der Waals surface area contributed by atoms with Crippen molar-refractivity contribution in [2.75, 3.05) is 0 Å². The van der Waals surface area contributed by atoms with Gasteiger partial charge < -0.3 is 5.11 Å². The Kier molecular flexibility index (Phi) is 2.85. The summed E-state index contributed by atoms with van der Waals surface area (Å²) in [6.07, 6.45) is 1.43. The molecule has 5 nitrogen and oxygen atoms in total. The number of halogens is 1. The number of carboxylic acid groups (broad SMARTS) is 1. The van der Waals surface area contributed by atoms with Crippen LogP contribution in [0.15, 0.2) is 24.3 Å². The number of carbonyl (C=O) groups is 2. The molecule has 0 amide bonds. The summed E-state index contributed by atoms with van der Waals surface area (Å²) in [6, 6.07) is 5.96. The molecule has 2 aromatic rings. The molecule has 102 valence electrons. The second-order valence-electron chi connectivity index (χ2n) is 4.62. The number of Topliss-reactive ketones (excluding diaryl/α,β-unsaturated/α-hetero) is 1. The van der Waals surface area contributed by atoms with Gasteiger partial charge in [-0.1, -0.05) is 12.1 Å². The van der Waals surface area contributed by atoms with E-state index >= 15 is 0 Å². The normalized spacial score (nSPS) is 14.2. The van der Waals surface area contributed by atoms with Crippen LogP contribution in [0.5, 0.6) is 0 Å². The summed E-state index contributed by atoms with van der Waals surface area (Å²) in [6.45, 7) is 0. The van der Waals surface area contributed by atoms with Crippen LogP contribution in [0.1, 0.15) is 39.4 Å². The first-order valence-electron chi connectivity index (χ1n) is 6.23. The van der Waals surface area contributed by atoms with Gasteiger partial charge in [-0.25, -0.2) is 13.9 Å². The van der Waals surface area contributed by atoms with Crippen LogP contribution < -0.4 is 0 Å². The quantitative estimate of drug-likeness (QED) is 0.911. The topological polar surface area (TPSA) is 72.2 Å². The summed E-state index contributed by atoms with van der Waals surface area (Å²) in [7, 11) is 0. The highest BCUT2D eigenvalue weighted by atomic mass is 19.1. The number of benzene rings is 1. The minimum absolute atomic E-state index is 0.118. The number of rotatable bonds is 2. The van der Waals surface area contributed by atoms with E-state index in [-0.39, 0.29) is 22.7 Å². The molecule has 0 atom stereocenters. The first kappa shape index (κ1) is 12.5. The highest BCUT2D eigenvalue weighted by Gasteiger charge is 2.31. The molecular formula is C14H11FN2O3. The van der Waals surface area contributed by atoms with Crippen molar-refractivity contribution in [1.29, 1.82) is 0 Å². The number of carbonyl (C=O) groups excluding carboxylic acids is 1. The van der Waals surface area contributed by atoms with Crippen LogP contribution in [0.25, 0.3) is 5.69 Å². The molecule has 1 N–H and O–H groups in total. The average Bonchev–Trinajstić information content (AvgIpc) is 2.80. The van der Waals surface area contributed by atoms with Crippen molar-refractivity contribution in [1.82, 2.24) is 9.78 Å². The first-order valence-corrected chi connectivity index (χ1v) is 6.23. The van der Waals surface area contributed by atoms with Gasteiger partial charge in [0, 0.05) is 6.42 Å². The summed E-state index contributed by atoms with van der Waals surface area (Å²) in [5, 5.41) is 13.1. The van der Waals surface area contributed by atoms with E-state index in [0.29, 0.717) is 25.0 Å². The van der Waals surface area contributed by atoms with Crippen LogP contribution in [0.4, 0.5) is 4.39 Å². The van der Waals surface area contributed by atoms with E-state index in [9.17, 15) is 14.0 Å². The monoisotopic (exact) mass is 274 g/mol. The zero-order valence-corrected chi connectivity index (χ0v) is 10.5. The Balaban J connectivity index is 2.28. The lowest BCUT2D eigenvalue weighted by Crippen LogP contribution is -2.15. The van der Waals surface area contributed by atoms with E-state index in [0.717, 1.165) is 0 Å². The second kappa shape index (κ2) is 4.56. The van der Waals surface area contributed by atoms with Crippen molar-refractivity contribution in [3.63, 3.8) is 0 Å². The van der Waals surface area contributed by atoms with Gasteiger partial charge in [0.2, 0.25) is 0 Å². The Morgan fingerprint density at radius 1 is 1.30 bits per heavy atom. The number of hydrogen-bond donors (Lipinski definition) is 1.